The van der Waals surface area contributed by atoms with Gasteiger partial charge in [-0.25, -0.2) is 0 Å². The fraction of sp³-hybridized carbons (Fsp3) is 0.211. The SMILES string of the molecule is CC[C@@H](Oc1ccccc1)C(=O)Nc1nnc(-c2ccc(OC)cc2)s1. The molecule has 0 aliphatic heterocycles. The maximum Gasteiger partial charge on any atom is 0.267 e. The van der Waals surface area contributed by atoms with Crippen LogP contribution in [0.1, 0.15) is 13.3 Å². The van der Waals surface area contributed by atoms with Crippen molar-refractivity contribution in [2.75, 3.05) is 12.4 Å². The molecular weight excluding hydrogens is 350 g/mol. The normalized spacial score (nSPS) is 11.6. The molecule has 0 aliphatic rings. The Morgan fingerprint density at radius 3 is 2.46 bits per heavy atom. The number of hydrogen-bond acceptors (Lipinski definition) is 6. The van der Waals surface area contributed by atoms with Crippen LogP contribution in [-0.4, -0.2) is 29.3 Å². The molecule has 1 amide bonds. The van der Waals surface area contributed by atoms with E-state index in [1.165, 1.54) is 11.3 Å². The molecule has 3 aromatic rings. The number of ether oxygens (including phenoxy) is 2. The number of amides is 1. The van der Waals surface area contributed by atoms with Crippen molar-refractivity contribution < 1.29 is 14.3 Å². The molecule has 0 spiro atoms. The Labute approximate surface area is 155 Å². The number of para-hydroxylation sites is 1. The first-order valence-electron chi connectivity index (χ1n) is 8.20. The first kappa shape index (κ1) is 17.9. The highest BCUT2D eigenvalue weighted by Gasteiger charge is 2.20. The van der Waals surface area contributed by atoms with Gasteiger partial charge in [-0.15, -0.1) is 10.2 Å². The molecule has 0 unspecified atom stereocenters. The molecule has 0 saturated heterocycles. The van der Waals surface area contributed by atoms with Crippen LogP contribution in [0, 0.1) is 0 Å². The van der Waals surface area contributed by atoms with Gasteiger partial charge in [0, 0.05) is 5.56 Å². The molecule has 1 atom stereocenters. The lowest BCUT2D eigenvalue weighted by molar-refractivity contribution is -0.122. The minimum Gasteiger partial charge on any atom is -0.497 e. The molecule has 0 radical (unpaired) electrons. The highest BCUT2D eigenvalue weighted by atomic mass is 32.1. The monoisotopic (exact) mass is 369 g/mol. The van der Waals surface area contributed by atoms with Crippen molar-refractivity contribution in [3.05, 3.63) is 54.6 Å². The molecule has 7 heteroatoms. The summed E-state index contributed by atoms with van der Waals surface area (Å²) < 4.78 is 10.9. The van der Waals surface area contributed by atoms with Crippen molar-refractivity contribution in [1.82, 2.24) is 10.2 Å². The van der Waals surface area contributed by atoms with Crippen LogP contribution in [-0.2, 0) is 4.79 Å². The van der Waals surface area contributed by atoms with Crippen LogP contribution in [0.25, 0.3) is 10.6 Å². The summed E-state index contributed by atoms with van der Waals surface area (Å²) in [6, 6.07) is 16.8. The van der Waals surface area contributed by atoms with Gasteiger partial charge in [-0.05, 0) is 42.8 Å². The van der Waals surface area contributed by atoms with Gasteiger partial charge in [0.15, 0.2) is 6.10 Å². The summed E-state index contributed by atoms with van der Waals surface area (Å²) in [4.78, 5) is 12.5. The molecule has 1 heterocycles. The fourth-order valence-corrected chi connectivity index (χ4v) is 3.05. The van der Waals surface area contributed by atoms with Crippen LogP contribution < -0.4 is 14.8 Å². The quantitative estimate of drug-likeness (QED) is 0.681. The Morgan fingerprint density at radius 2 is 1.81 bits per heavy atom. The molecule has 0 bridgehead atoms. The highest BCUT2D eigenvalue weighted by Crippen LogP contribution is 2.28. The third-order valence-electron chi connectivity index (χ3n) is 3.68. The number of aromatic nitrogens is 2. The fourth-order valence-electron chi connectivity index (χ4n) is 2.30. The summed E-state index contributed by atoms with van der Waals surface area (Å²) in [5.41, 5.74) is 0.913. The molecule has 0 saturated carbocycles. The Balaban J connectivity index is 1.66. The van der Waals surface area contributed by atoms with Gasteiger partial charge < -0.3 is 9.47 Å². The van der Waals surface area contributed by atoms with Gasteiger partial charge >= 0.3 is 0 Å². The van der Waals surface area contributed by atoms with E-state index in [9.17, 15) is 4.79 Å². The van der Waals surface area contributed by atoms with E-state index in [1.54, 1.807) is 7.11 Å². The van der Waals surface area contributed by atoms with Gasteiger partial charge in [0.2, 0.25) is 5.13 Å². The number of carbonyl (C=O) groups excluding carboxylic acids is 1. The molecule has 0 fully saturated rings. The molecule has 1 aromatic heterocycles. The summed E-state index contributed by atoms with van der Waals surface area (Å²) in [5, 5.41) is 12.1. The van der Waals surface area contributed by atoms with E-state index in [0.29, 0.717) is 17.3 Å². The topological polar surface area (TPSA) is 73.3 Å². The second-order valence-corrected chi connectivity index (χ2v) is 6.44. The van der Waals surface area contributed by atoms with E-state index in [2.05, 4.69) is 15.5 Å². The second kappa shape index (κ2) is 8.44. The molecule has 6 nitrogen and oxygen atoms in total. The predicted octanol–water partition coefficient (Wildman–Crippen LogP) is 4.01. The zero-order valence-corrected chi connectivity index (χ0v) is 15.3. The Kier molecular flexibility index (Phi) is 5.80. The van der Waals surface area contributed by atoms with Crippen LogP contribution in [0.15, 0.2) is 54.6 Å². The van der Waals surface area contributed by atoms with Crippen LogP contribution >= 0.6 is 11.3 Å². The average Bonchev–Trinajstić information content (AvgIpc) is 3.15. The van der Waals surface area contributed by atoms with Gasteiger partial charge in [-0.3, -0.25) is 10.1 Å². The van der Waals surface area contributed by atoms with E-state index in [0.717, 1.165) is 16.3 Å². The van der Waals surface area contributed by atoms with E-state index >= 15 is 0 Å². The van der Waals surface area contributed by atoms with Crippen molar-refractivity contribution in [2.45, 2.75) is 19.4 Å². The third kappa shape index (κ3) is 4.37. The maximum atomic E-state index is 12.5. The van der Waals surface area contributed by atoms with Crippen molar-refractivity contribution >= 4 is 22.4 Å². The van der Waals surface area contributed by atoms with E-state index in [4.69, 9.17) is 9.47 Å². The van der Waals surface area contributed by atoms with Crippen molar-refractivity contribution in [3.8, 4) is 22.1 Å². The molecule has 0 aliphatic carbocycles. The molecule has 3 rings (SSSR count). The lowest BCUT2D eigenvalue weighted by Gasteiger charge is -2.16. The molecule has 2 aromatic carbocycles. The largest absolute Gasteiger partial charge is 0.497 e. The lowest BCUT2D eigenvalue weighted by Crippen LogP contribution is -2.32. The van der Waals surface area contributed by atoms with Crippen LogP contribution in [0.4, 0.5) is 5.13 Å². The summed E-state index contributed by atoms with van der Waals surface area (Å²) in [6.45, 7) is 1.90. The first-order chi connectivity index (χ1) is 12.7. The van der Waals surface area contributed by atoms with E-state index < -0.39 is 6.10 Å². The number of nitrogens with zero attached hydrogens (tertiary/aromatic N) is 2. The van der Waals surface area contributed by atoms with E-state index in [1.807, 2.05) is 61.5 Å². The third-order valence-corrected chi connectivity index (χ3v) is 4.56. The van der Waals surface area contributed by atoms with Gasteiger partial charge in [0.1, 0.15) is 16.5 Å². The highest BCUT2D eigenvalue weighted by molar-refractivity contribution is 7.18. The van der Waals surface area contributed by atoms with Crippen molar-refractivity contribution in [3.63, 3.8) is 0 Å². The molecule has 134 valence electrons. The standard InChI is InChI=1S/C19H19N3O3S/c1-3-16(25-15-7-5-4-6-8-15)17(23)20-19-22-21-18(26-19)13-9-11-14(24-2)12-10-13/h4-12,16H,3H2,1-2H3,(H,20,22,23)/t16-/m1/s1. The average molecular weight is 369 g/mol. The summed E-state index contributed by atoms with van der Waals surface area (Å²) >= 11 is 1.31. The molecule has 1 N–H and O–H groups in total. The molecular formula is C19H19N3O3S. The zero-order chi connectivity index (χ0) is 18.4. The Morgan fingerprint density at radius 1 is 1.08 bits per heavy atom. The zero-order valence-electron chi connectivity index (χ0n) is 14.5. The number of anilines is 1. The number of hydrogen-bond donors (Lipinski definition) is 1. The van der Waals surface area contributed by atoms with Crippen LogP contribution in [0.2, 0.25) is 0 Å². The Bertz CT molecular complexity index is 850. The predicted molar refractivity (Wildman–Crippen MR) is 102 cm³/mol. The van der Waals surface area contributed by atoms with Gasteiger partial charge in [0.25, 0.3) is 5.91 Å². The molecule has 26 heavy (non-hydrogen) atoms. The minimum atomic E-state index is -0.592. The number of rotatable bonds is 7. The lowest BCUT2D eigenvalue weighted by atomic mass is 10.2. The smallest absolute Gasteiger partial charge is 0.267 e. The number of carbonyl (C=O) groups is 1. The minimum absolute atomic E-state index is 0.242. The summed E-state index contributed by atoms with van der Waals surface area (Å²) in [5.74, 6) is 1.19. The maximum absolute atomic E-state index is 12.5. The van der Waals surface area contributed by atoms with Crippen molar-refractivity contribution in [2.24, 2.45) is 0 Å². The van der Waals surface area contributed by atoms with Gasteiger partial charge in [0.05, 0.1) is 7.11 Å². The van der Waals surface area contributed by atoms with E-state index in [-0.39, 0.29) is 5.91 Å². The van der Waals surface area contributed by atoms with Gasteiger partial charge in [-0.2, -0.15) is 0 Å². The van der Waals surface area contributed by atoms with Crippen molar-refractivity contribution in [1.29, 1.82) is 0 Å². The number of benzene rings is 2. The summed E-state index contributed by atoms with van der Waals surface area (Å²) in [7, 11) is 1.62. The summed E-state index contributed by atoms with van der Waals surface area (Å²) in [6.07, 6.45) is -0.0454. The van der Waals surface area contributed by atoms with Crippen LogP contribution in [0.5, 0.6) is 11.5 Å². The van der Waals surface area contributed by atoms with Gasteiger partial charge in [-0.1, -0.05) is 36.5 Å². The van der Waals surface area contributed by atoms with Crippen LogP contribution in [0.3, 0.4) is 0 Å². The Hall–Kier alpha value is -2.93. The number of methoxy groups -OCH3 is 1. The second-order valence-electron chi connectivity index (χ2n) is 5.46. The first-order valence-corrected chi connectivity index (χ1v) is 9.01. The number of nitrogens with one attached hydrogen (secondary N) is 1.